The van der Waals surface area contributed by atoms with Gasteiger partial charge >= 0.3 is 0 Å². The number of halogens is 1. The summed E-state index contributed by atoms with van der Waals surface area (Å²) in [5, 5.41) is 0. The van der Waals surface area contributed by atoms with Gasteiger partial charge in [-0.1, -0.05) is 19.9 Å². The van der Waals surface area contributed by atoms with Gasteiger partial charge in [0.2, 0.25) is 0 Å². The summed E-state index contributed by atoms with van der Waals surface area (Å²) in [6.45, 7) is 8.14. The summed E-state index contributed by atoms with van der Waals surface area (Å²) in [4.78, 5) is 4.42. The quantitative estimate of drug-likeness (QED) is 0.715. The standard InChI is InChI=1S/C17H21FN2/c1-5-11-19-13(4)12(3)16-10-8-15(18)17-9-7-14(6-2)20(16)17/h5,7-12H,6H2,1-4H3/b11-5-,19-13?. The summed E-state index contributed by atoms with van der Waals surface area (Å²) in [6, 6.07) is 7.25. The van der Waals surface area contributed by atoms with Crippen LogP contribution in [0.25, 0.3) is 5.52 Å². The van der Waals surface area contributed by atoms with E-state index in [0.717, 1.165) is 23.5 Å². The second kappa shape index (κ2) is 6.04. The zero-order valence-corrected chi connectivity index (χ0v) is 12.5. The molecule has 2 aromatic rings. The molecule has 2 nitrogen and oxygen atoms in total. The maximum atomic E-state index is 13.9. The first-order valence-corrected chi connectivity index (χ1v) is 7.04. The highest BCUT2D eigenvalue weighted by atomic mass is 19.1. The Bertz CT molecular complexity index is 665. The number of allylic oxidation sites excluding steroid dienone is 1. The monoisotopic (exact) mass is 272 g/mol. The van der Waals surface area contributed by atoms with Crippen molar-refractivity contribution in [3.63, 3.8) is 0 Å². The van der Waals surface area contributed by atoms with Gasteiger partial charge in [0.15, 0.2) is 0 Å². The molecule has 0 radical (unpaired) electrons. The largest absolute Gasteiger partial charge is 0.315 e. The minimum atomic E-state index is -0.177. The van der Waals surface area contributed by atoms with Crippen LogP contribution in [0.1, 0.15) is 45.0 Å². The smallest absolute Gasteiger partial charge is 0.147 e. The van der Waals surface area contributed by atoms with E-state index in [1.165, 1.54) is 0 Å². The van der Waals surface area contributed by atoms with Crippen molar-refractivity contribution in [2.45, 2.75) is 40.0 Å². The van der Waals surface area contributed by atoms with Gasteiger partial charge in [-0.15, -0.1) is 0 Å². The van der Waals surface area contributed by atoms with Crippen LogP contribution < -0.4 is 0 Å². The lowest BCUT2D eigenvalue weighted by molar-refractivity contribution is 0.629. The van der Waals surface area contributed by atoms with Crippen molar-refractivity contribution < 1.29 is 4.39 Å². The predicted octanol–water partition coefficient (Wildman–Crippen LogP) is 4.74. The lowest BCUT2D eigenvalue weighted by Crippen LogP contribution is -2.11. The summed E-state index contributed by atoms with van der Waals surface area (Å²) < 4.78 is 15.9. The van der Waals surface area contributed by atoms with E-state index in [-0.39, 0.29) is 11.7 Å². The number of fused-ring (bicyclic) bond motifs is 1. The highest BCUT2D eigenvalue weighted by Crippen LogP contribution is 2.24. The lowest BCUT2D eigenvalue weighted by Gasteiger charge is -2.16. The average Bonchev–Trinajstić information content (AvgIpc) is 2.89. The van der Waals surface area contributed by atoms with E-state index < -0.39 is 0 Å². The highest BCUT2D eigenvalue weighted by Gasteiger charge is 2.16. The van der Waals surface area contributed by atoms with Crippen molar-refractivity contribution in [1.29, 1.82) is 0 Å². The molecule has 0 aromatic carbocycles. The van der Waals surface area contributed by atoms with E-state index in [9.17, 15) is 4.39 Å². The van der Waals surface area contributed by atoms with Crippen molar-refractivity contribution in [1.82, 2.24) is 4.40 Å². The fourth-order valence-electron chi connectivity index (χ4n) is 2.42. The van der Waals surface area contributed by atoms with Crippen LogP contribution in [0.3, 0.4) is 0 Å². The zero-order chi connectivity index (χ0) is 14.7. The first kappa shape index (κ1) is 14.5. The Labute approximate surface area is 119 Å². The van der Waals surface area contributed by atoms with Crippen LogP contribution in [0.2, 0.25) is 0 Å². The molecule has 0 N–H and O–H groups in total. The molecule has 0 aliphatic rings. The first-order chi connectivity index (χ1) is 9.60. The molecule has 2 rings (SSSR count). The van der Waals surface area contributed by atoms with Gasteiger partial charge in [-0.2, -0.15) is 0 Å². The molecule has 0 amide bonds. The number of aryl methyl sites for hydroxylation is 1. The van der Waals surface area contributed by atoms with Crippen LogP contribution in [0.4, 0.5) is 4.39 Å². The molecule has 0 saturated heterocycles. The fourth-order valence-corrected chi connectivity index (χ4v) is 2.42. The van der Waals surface area contributed by atoms with Gasteiger partial charge in [-0.05, 0) is 44.5 Å². The van der Waals surface area contributed by atoms with Gasteiger partial charge in [0.05, 0.1) is 5.52 Å². The van der Waals surface area contributed by atoms with E-state index in [0.29, 0.717) is 5.52 Å². The van der Waals surface area contributed by atoms with Crippen LogP contribution in [0, 0.1) is 5.82 Å². The van der Waals surface area contributed by atoms with Gasteiger partial charge < -0.3 is 4.40 Å². The third kappa shape index (κ3) is 2.53. The molecular weight excluding hydrogens is 251 g/mol. The van der Waals surface area contributed by atoms with Crippen molar-refractivity contribution >= 4 is 11.2 Å². The molecule has 0 spiro atoms. The van der Waals surface area contributed by atoms with Crippen molar-refractivity contribution in [3.05, 3.63) is 53.7 Å². The van der Waals surface area contributed by atoms with E-state index in [1.54, 1.807) is 12.3 Å². The van der Waals surface area contributed by atoms with E-state index in [1.807, 2.05) is 42.5 Å². The number of rotatable bonds is 4. The molecule has 0 fully saturated rings. The second-order valence-electron chi connectivity index (χ2n) is 4.98. The molecule has 0 saturated carbocycles. The number of pyridine rings is 1. The summed E-state index contributed by atoms with van der Waals surface area (Å²) in [7, 11) is 0. The molecule has 3 heteroatoms. The normalized spacial score (nSPS) is 14.3. The minimum absolute atomic E-state index is 0.145. The highest BCUT2D eigenvalue weighted by molar-refractivity contribution is 5.88. The Morgan fingerprint density at radius 2 is 2.10 bits per heavy atom. The summed E-state index contributed by atoms with van der Waals surface area (Å²) in [5.41, 5.74) is 3.87. The minimum Gasteiger partial charge on any atom is -0.315 e. The number of aliphatic imine (C=N–C) groups is 1. The first-order valence-electron chi connectivity index (χ1n) is 7.04. The Balaban J connectivity index is 2.59. The van der Waals surface area contributed by atoms with Gasteiger partial charge in [-0.3, -0.25) is 4.99 Å². The molecule has 106 valence electrons. The lowest BCUT2D eigenvalue weighted by atomic mass is 10.0. The van der Waals surface area contributed by atoms with Gasteiger partial charge in [0.1, 0.15) is 5.82 Å². The molecule has 2 heterocycles. The fraction of sp³-hybridized carbons (Fsp3) is 0.353. The summed E-state index contributed by atoms with van der Waals surface area (Å²) in [6.07, 6.45) is 4.58. The average molecular weight is 272 g/mol. The van der Waals surface area contributed by atoms with Crippen LogP contribution in [0.15, 0.2) is 41.5 Å². The topological polar surface area (TPSA) is 16.8 Å². The Morgan fingerprint density at radius 1 is 1.35 bits per heavy atom. The molecule has 2 aromatic heterocycles. The molecule has 1 atom stereocenters. The zero-order valence-electron chi connectivity index (χ0n) is 12.5. The second-order valence-corrected chi connectivity index (χ2v) is 4.98. The Kier molecular flexibility index (Phi) is 4.38. The Morgan fingerprint density at radius 3 is 2.75 bits per heavy atom. The molecule has 0 aliphatic heterocycles. The van der Waals surface area contributed by atoms with Crippen LogP contribution in [-0.4, -0.2) is 10.1 Å². The molecular formula is C17H21FN2. The Hall–Kier alpha value is -1.90. The van der Waals surface area contributed by atoms with E-state index >= 15 is 0 Å². The number of aromatic nitrogens is 1. The third-order valence-corrected chi connectivity index (χ3v) is 3.72. The van der Waals surface area contributed by atoms with Crippen LogP contribution >= 0.6 is 0 Å². The van der Waals surface area contributed by atoms with Crippen LogP contribution in [-0.2, 0) is 6.42 Å². The van der Waals surface area contributed by atoms with E-state index in [4.69, 9.17) is 0 Å². The number of hydrogen-bond acceptors (Lipinski definition) is 1. The maximum Gasteiger partial charge on any atom is 0.147 e. The van der Waals surface area contributed by atoms with Crippen LogP contribution in [0.5, 0.6) is 0 Å². The molecule has 0 aliphatic carbocycles. The van der Waals surface area contributed by atoms with Crippen molar-refractivity contribution in [3.8, 4) is 0 Å². The molecule has 0 bridgehead atoms. The number of nitrogens with zero attached hydrogens (tertiary/aromatic N) is 2. The summed E-state index contributed by atoms with van der Waals surface area (Å²) >= 11 is 0. The molecule has 1 unspecified atom stereocenters. The SMILES string of the molecule is C/C=C\N=C(C)C(C)c1ccc(F)c2ccc(CC)n12. The van der Waals surface area contributed by atoms with Gasteiger partial charge in [0, 0.05) is 29.2 Å². The van der Waals surface area contributed by atoms with Gasteiger partial charge in [0.25, 0.3) is 0 Å². The maximum absolute atomic E-state index is 13.9. The molecule has 20 heavy (non-hydrogen) atoms. The van der Waals surface area contributed by atoms with E-state index in [2.05, 4.69) is 18.8 Å². The summed E-state index contributed by atoms with van der Waals surface area (Å²) in [5.74, 6) is -0.0318. The van der Waals surface area contributed by atoms with Crippen molar-refractivity contribution in [2.24, 2.45) is 4.99 Å². The van der Waals surface area contributed by atoms with Gasteiger partial charge in [-0.25, -0.2) is 4.39 Å². The number of hydrogen-bond donors (Lipinski definition) is 0. The predicted molar refractivity (Wildman–Crippen MR) is 83.1 cm³/mol. The third-order valence-electron chi connectivity index (χ3n) is 3.72. The van der Waals surface area contributed by atoms with Crippen molar-refractivity contribution in [2.75, 3.05) is 0 Å².